The third kappa shape index (κ3) is 2.86. The molecule has 2 aromatic rings. The summed E-state index contributed by atoms with van der Waals surface area (Å²) in [6.45, 7) is 2.33. The second-order valence-electron chi connectivity index (χ2n) is 5.28. The van der Waals surface area contributed by atoms with Gasteiger partial charge in [0.15, 0.2) is 0 Å². The average molecular weight is 290 g/mol. The quantitative estimate of drug-likeness (QED) is 0.876. The molecule has 0 aliphatic carbocycles. The minimum Gasteiger partial charge on any atom is -0.381 e. The van der Waals surface area contributed by atoms with Crippen molar-refractivity contribution in [2.24, 2.45) is 5.41 Å². The zero-order valence-electron chi connectivity index (χ0n) is 11.3. The number of aromatic nitrogens is 4. The van der Waals surface area contributed by atoms with Crippen LogP contribution in [0.5, 0.6) is 0 Å². The molecule has 1 aliphatic rings. The Bertz CT molecular complexity index is 551. The molecular formula is C14H18N4OS. The molecule has 3 rings (SSSR count). The van der Waals surface area contributed by atoms with Crippen molar-refractivity contribution in [3.8, 4) is 11.4 Å². The van der Waals surface area contributed by atoms with Crippen LogP contribution in [0.1, 0.15) is 12.8 Å². The summed E-state index contributed by atoms with van der Waals surface area (Å²) in [6, 6.07) is 9.91. The fraction of sp³-hybridized carbons (Fsp3) is 0.500. The van der Waals surface area contributed by atoms with Gasteiger partial charge in [0.25, 0.3) is 0 Å². The summed E-state index contributed by atoms with van der Waals surface area (Å²) in [7, 11) is 0. The van der Waals surface area contributed by atoms with Gasteiger partial charge in [-0.25, -0.2) is 0 Å². The Kier molecular flexibility index (Phi) is 4.03. The van der Waals surface area contributed by atoms with Gasteiger partial charge < -0.3 is 4.74 Å². The predicted molar refractivity (Wildman–Crippen MR) is 79.6 cm³/mol. The normalized spacial score (nSPS) is 18.1. The third-order valence-electron chi connectivity index (χ3n) is 3.85. The Morgan fingerprint density at radius 1 is 1.20 bits per heavy atom. The van der Waals surface area contributed by atoms with E-state index >= 15 is 0 Å². The number of rotatable bonds is 4. The topological polar surface area (TPSA) is 52.8 Å². The van der Waals surface area contributed by atoms with Crippen LogP contribution in [0.15, 0.2) is 30.3 Å². The molecule has 6 heteroatoms. The second-order valence-corrected chi connectivity index (χ2v) is 5.60. The lowest BCUT2D eigenvalue weighted by molar-refractivity contribution is 0.0143. The lowest BCUT2D eigenvalue weighted by atomic mass is 9.82. The minimum atomic E-state index is 0.121. The van der Waals surface area contributed by atoms with Crippen LogP contribution in [-0.2, 0) is 11.3 Å². The van der Waals surface area contributed by atoms with Crippen LogP contribution in [0, 0.1) is 5.41 Å². The van der Waals surface area contributed by atoms with Crippen LogP contribution >= 0.6 is 12.6 Å². The summed E-state index contributed by atoms with van der Waals surface area (Å²) in [6.07, 6.45) is 2.00. The second kappa shape index (κ2) is 5.93. The van der Waals surface area contributed by atoms with Gasteiger partial charge in [-0.05, 0) is 23.8 Å². The number of thiol groups is 1. The lowest BCUT2D eigenvalue weighted by Crippen LogP contribution is -2.36. The summed E-state index contributed by atoms with van der Waals surface area (Å²) >= 11 is 4.51. The SMILES string of the molecule is SCC1(Cn2nnc(-c3ccccc3)n2)CCOCC1. The molecule has 106 valence electrons. The van der Waals surface area contributed by atoms with Crippen LogP contribution in [-0.4, -0.2) is 39.2 Å². The van der Waals surface area contributed by atoms with Crippen LogP contribution in [0.4, 0.5) is 0 Å². The highest BCUT2D eigenvalue weighted by atomic mass is 32.1. The molecule has 1 aliphatic heterocycles. The highest BCUT2D eigenvalue weighted by Crippen LogP contribution is 2.33. The predicted octanol–water partition coefficient (Wildman–Crippen LogP) is 2.07. The van der Waals surface area contributed by atoms with Crippen LogP contribution in [0.3, 0.4) is 0 Å². The molecule has 0 amide bonds. The van der Waals surface area contributed by atoms with E-state index in [-0.39, 0.29) is 5.41 Å². The number of hydrogen-bond donors (Lipinski definition) is 1. The summed E-state index contributed by atoms with van der Waals surface area (Å²) in [5.74, 6) is 1.49. The Morgan fingerprint density at radius 2 is 1.95 bits per heavy atom. The van der Waals surface area contributed by atoms with E-state index in [0.29, 0.717) is 5.82 Å². The Balaban J connectivity index is 1.77. The maximum atomic E-state index is 5.44. The molecule has 0 unspecified atom stereocenters. The zero-order valence-corrected chi connectivity index (χ0v) is 12.2. The smallest absolute Gasteiger partial charge is 0.204 e. The fourth-order valence-electron chi connectivity index (χ4n) is 2.48. The van der Waals surface area contributed by atoms with E-state index in [9.17, 15) is 0 Å². The van der Waals surface area contributed by atoms with Crippen molar-refractivity contribution in [3.05, 3.63) is 30.3 Å². The molecule has 0 spiro atoms. The molecule has 2 heterocycles. The maximum absolute atomic E-state index is 5.44. The molecule has 1 aromatic carbocycles. The first-order valence-electron chi connectivity index (χ1n) is 6.83. The van der Waals surface area contributed by atoms with E-state index in [4.69, 9.17) is 4.74 Å². The van der Waals surface area contributed by atoms with E-state index < -0.39 is 0 Å². The molecular weight excluding hydrogens is 272 g/mol. The number of nitrogens with zero attached hydrogens (tertiary/aromatic N) is 4. The van der Waals surface area contributed by atoms with Gasteiger partial charge in [0, 0.05) is 24.2 Å². The molecule has 0 atom stereocenters. The first-order valence-corrected chi connectivity index (χ1v) is 7.46. The number of ether oxygens (including phenoxy) is 1. The monoisotopic (exact) mass is 290 g/mol. The zero-order chi connectivity index (χ0) is 13.8. The van der Waals surface area contributed by atoms with Crippen LogP contribution in [0.2, 0.25) is 0 Å². The fourth-order valence-corrected chi connectivity index (χ4v) is 2.90. The first-order chi connectivity index (χ1) is 9.81. The van der Waals surface area contributed by atoms with Crippen molar-refractivity contribution in [2.45, 2.75) is 19.4 Å². The molecule has 1 saturated heterocycles. The van der Waals surface area contributed by atoms with E-state index in [2.05, 4.69) is 28.0 Å². The number of tetrazole rings is 1. The molecule has 0 saturated carbocycles. The van der Waals surface area contributed by atoms with Gasteiger partial charge in [-0.1, -0.05) is 30.3 Å². The maximum Gasteiger partial charge on any atom is 0.204 e. The Hall–Kier alpha value is -1.40. The number of benzene rings is 1. The van der Waals surface area contributed by atoms with Gasteiger partial charge in [0.1, 0.15) is 0 Å². The standard InChI is InChI=1S/C14H18N4OS/c20-11-14(6-8-19-9-7-14)10-18-16-13(15-17-18)12-4-2-1-3-5-12/h1-5,20H,6-11H2. The molecule has 0 radical (unpaired) electrons. The first kappa shape index (κ1) is 13.6. The highest BCUT2D eigenvalue weighted by molar-refractivity contribution is 7.80. The van der Waals surface area contributed by atoms with E-state index in [0.717, 1.165) is 43.9 Å². The van der Waals surface area contributed by atoms with Crippen molar-refractivity contribution < 1.29 is 4.74 Å². The van der Waals surface area contributed by atoms with Gasteiger partial charge in [0.05, 0.1) is 6.54 Å². The minimum absolute atomic E-state index is 0.121. The molecule has 20 heavy (non-hydrogen) atoms. The van der Waals surface area contributed by atoms with E-state index in [1.807, 2.05) is 30.3 Å². The molecule has 0 N–H and O–H groups in total. The van der Waals surface area contributed by atoms with Gasteiger partial charge in [-0.3, -0.25) is 0 Å². The van der Waals surface area contributed by atoms with E-state index in [1.54, 1.807) is 4.80 Å². The molecule has 1 fully saturated rings. The largest absolute Gasteiger partial charge is 0.381 e. The highest BCUT2D eigenvalue weighted by Gasteiger charge is 2.32. The van der Waals surface area contributed by atoms with E-state index in [1.165, 1.54) is 0 Å². The Labute approximate surface area is 123 Å². The molecule has 0 bridgehead atoms. The van der Waals surface area contributed by atoms with Crippen molar-refractivity contribution in [1.82, 2.24) is 20.2 Å². The van der Waals surface area contributed by atoms with Crippen molar-refractivity contribution >= 4 is 12.6 Å². The van der Waals surface area contributed by atoms with Crippen molar-refractivity contribution in [2.75, 3.05) is 19.0 Å². The van der Waals surface area contributed by atoms with Crippen LogP contribution in [0.25, 0.3) is 11.4 Å². The van der Waals surface area contributed by atoms with Gasteiger partial charge in [-0.15, -0.1) is 10.2 Å². The third-order valence-corrected chi connectivity index (χ3v) is 4.52. The summed E-state index contributed by atoms with van der Waals surface area (Å²) in [4.78, 5) is 1.70. The molecule has 5 nitrogen and oxygen atoms in total. The van der Waals surface area contributed by atoms with Gasteiger partial charge >= 0.3 is 0 Å². The van der Waals surface area contributed by atoms with Crippen molar-refractivity contribution in [1.29, 1.82) is 0 Å². The number of hydrogen-bond acceptors (Lipinski definition) is 5. The Morgan fingerprint density at radius 3 is 2.65 bits per heavy atom. The summed E-state index contributed by atoms with van der Waals surface area (Å²) in [5.41, 5.74) is 1.11. The summed E-state index contributed by atoms with van der Waals surface area (Å²) < 4.78 is 5.44. The van der Waals surface area contributed by atoms with Crippen LogP contribution < -0.4 is 0 Å². The van der Waals surface area contributed by atoms with Crippen molar-refractivity contribution in [3.63, 3.8) is 0 Å². The van der Waals surface area contributed by atoms with Gasteiger partial charge in [-0.2, -0.15) is 17.4 Å². The van der Waals surface area contributed by atoms with Gasteiger partial charge in [0.2, 0.25) is 5.82 Å². The average Bonchev–Trinajstić information content (AvgIpc) is 2.97. The molecule has 1 aromatic heterocycles. The summed E-state index contributed by atoms with van der Waals surface area (Å²) in [5, 5.41) is 12.8. The lowest BCUT2D eigenvalue weighted by Gasteiger charge is -2.34.